The molecule has 21 heavy (non-hydrogen) atoms. The van der Waals surface area contributed by atoms with E-state index < -0.39 is 18.0 Å². The maximum Gasteiger partial charge on any atom is 0.260 e. The summed E-state index contributed by atoms with van der Waals surface area (Å²) in [4.78, 5) is 11.9. The van der Waals surface area contributed by atoms with E-state index in [1.165, 1.54) is 12.1 Å². The molecule has 1 amide bonds. The van der Waals surface area contributed by atoms with Gasteiger partial charge in [0.05, 0.1) is 6.10 Å². The quantitative estimate of drug-likeness (QED) is 0.813. The van der Waals surface area contributed by atoms with Gasteiger partial charge in [-0.25, -0.2) is 4.39 Å². The summed E-state index contributed by atoms with van der Waals surface area (Å²) in [5.41, 5.74) is 0.466. The monoisotopic (exact) mass is 297 g/mol. The minimum absolute atomic E-state index is 0.00481. The maximum absolute atomic E-state index is 13.8. The van der Waals surface area contributed by atoms with E-state index >= 15 is 0 Å². The predicted octanol–water partition coefficient (Wildman–Crippen LogP) is 2.95. The van der Waals surface area contributed by atoms with Crippen molar-refractivity contribution in [3.05, 3.63) is 29.6 Å². The predicted molar refractivity (Wildman–Crippen MR) is 79.6 cm³/mol. The van der Waals surface area contributed by atoms with Crippen LogP contribution in [0.3, 0.4) is 0 Å². The Morgan fingerprint density at radius 1 is 1.38 bits per heavy atom. The Labute approximate surface area is 125 Å². The molecule has 3 unspecified atom stereocenters. The van der Waals surface area contributed by atoms with E-state index in [1.807, 2.05) is 13.8 Å². The highest BCUT2D eigenvalue weighted by Crippen LogP contribution is 2.22. The van der Waals surface area contributed by atoms with Gasteiger partial charge in [-0.15, -0.1) is 0 Å². The van der Waals surface area contributed by atoms with Crippen LogP contribution in [0.2, 0.25) is 0 Å². The lowest BCUT2D eigenvalue weighted by molar-refractivity contribution is -0.128. The van der Waals surface area contributed by atoms with Crippen LogP contribution in [-0.4, -0.2) is 23.2 Å². The van der Waals surface area contributed by atoms with Gasteiger partial charge in [-0.05, 0) is 44.9 Å². The molecule has 0 heterocycles. The Bertz CT molecular complexity index is 477. The number of nitrogens with one attached hydrogen (secondary N) is 1. The van der Waals surface area contributed by atoms with Crippen LogP contribution in [0.15, 0.2) is 18.2 Å². The summed E-state index contributed by atoms with van der Waals surface area (Å²) in [6, 6.07) is 4.28. The van der Waals surface area contributed by atoms with Gasteiger partial charge in [0.15, 0.2) is 17.7 Å². The topological polar surface area (TPSA) is 58.6 Å². The van der Waals surface area contributed by atoms with Gasteiger partial charge in [0.1, 0.15) is 0 Å². The van der Waals surface area contributed by atoms with Gasteiger partial charge in [-0.3, -0.25) is 4.79 Å². The Morgan fingerprint density at radius 3 is 2.57 bits per heavy atom. The SMILES string of the molecule is CCCC(C)NC(=O)C(C)Oc1ccc(C(C)O)cc1F. The highest BCUT2D eigenvalue weighted by molar-refractivity contribution is 5.80. The summed E-state index contributed by atoms with van der Waals surface area (Å²) in [5.74, 6) is -0.852. The Balaban J connectivity index is 2.66. The van der Waals surface area contributed by atoms with E-state index in [0.717, 1.165) is 12.8 Å². The molecular weight excluding hydrogens is 273 g/mol. The summed E-state index contributed by atoms with van der Waals surface area (Å²) < 4.78 is 19.2. The van der Waals surface area contributed by atoms with Crippen molar-refractivity contribution < 1.29 is 19.0 Å². The van der Waals surface area contributed by atoms with Crippen molar-refractivity contribution in [2.75, 3.05) is 0 Å². The van der Waals surface area contributed by atoms with Gasteiger partial charge in [0, 0.05) is 6.04 Å². The zero-order chi connectivity index (χ0) is 16.0. The largest absolute Gasteiger partial charge is 0.478 e. The van der Waals surface area contributed by atoms with Crippen molar-refractivity contribution in [2.45, 2.75) is 58.8 Å². The van der Waals surface area contributed by atoms with E-state index in [1.54, 1.807) is 19.9 Å². The summed E-state index contributed by atoms with van der Waals surface area (Å²) >= 11 is 0. The molecule has 0 saturated carbocycles. The van der Waals surface area contributed by atoms with Gasteiger partial charge in [0.2, 0.25) is 0 Å². The standard InChI is InChI=1S/C16H24FNO3/c1-5-6-10(2)18-16(20)12(4)21-15-8-7-13(11(3)19)9-14(15)17/h7-12,19H,5-6H2,1-4H3,(H,18,20). The number of aliphatic hydroxyl groups is 1. The molecule has 0 saturated heterocycles. The fraction of sp³-hybridized carbons (Fsp3) is 0.562. The fourth-order valence-electron chi connectivity index (χ4n) is 1.98. The molecule has 1 rings (SSSR count). The van der Waals surface area contributed by atoms with Crippen LogP contribution in [0, 0.1) is 5.82 Å². The number of hydrogen-bond donors (Lipinski definition) is 2. The molecule has 0 fully saturated rings. The number of carbonyl (C=O) groups excluding carboxylic acids is 1. The zero-order valence-electron chi connectivity index (χ0n) is 13.0. The Hall–Kier alpha value is -1.62. The van der Waals surface area contributed by atoms with Gasteiger partial charge in [-0.1, -0.05) is 19.4 Å². The Morgan fingerprint density at radius 2 is 2.05 bits per heavy atom. The van der Waals surface area contributed by atoms with E-state index in [-0.39, 0.29) is 17.7 Å². The summed E-state index contributed by atoms with van der Waals surface area (Å²) in [6.07, 6.45) is 0.336. The van der Waals surface area contributed by atoms with E-state index in [4.69, 9.17) is 4.74 Å². The van der Waals surface area contributed by atoms with Crippen LogP contribution in [0.1, 0.15) is 52.2 Å². The minimum Gasteiger partial charge on any atom is -0.478 e. The zero-order valence-corrected chi connectivity index (χ0v) is 13.0. The molecule has 0 aliphatic heterocycles. The Kier molecular flexibility index (Phi) is 6.62. The number of hydrogen-bond acceptors (Lipinski definition) is 3. The number of aliphatic hydroxyl groups excluding tert-OH is 1. The summed E-state index contributed by atoms with van der Waals surface area (Å²) in [5, 5.41) is 12.2. The van der Waals surface area contributed by atoms with Crippen LogP contribution in [0.4, 0.5) is 4.39 Å². The van der Waals surface area contributed by atoms with Gasteiger partial charge < -0.3 is 15.2 Å². The van der Waals surface area contributed by atoms with Crippen LogP contribution in [0.5, 0.6) is 5.75 Å². The molecule has 4 nitrogen and oxygen atoms in total. The second-order valence-electron chi connectivity index (χ2n) is 5.32. The first kappa shape index (κ1) is 17.4. The fourth-order valence-corrected chi connectivity index (χ4v) is 1.98. The van der Waals surface area contributed by atoms with Crippen molar-refractivity contribution in [2.24, 2.45) is 0 Å². The lowest BCUT2D eigenvalue weighted by atomic mass is 10.1. The van der Waals surface area contributed by atoms with Crippen molar-refractivity contribution in [3.63, 3.8) is 0 Å². The van der Waals surface area contributed by atoms with Crippen molar-refractivity contribution in [1.82, 2.24) is 5.32 Å². The maximum atomic E-state index is 13.8. The van der Waals surface area contributed by atoms with Gasteiger partial charge >= 0.3 is 0 Å². The first-order valence-electron chi connectivity index (χ1n) is 7.29. The molecule has 5 heteroatoms. The lowest BCUT2D eigenvalue weighted by Gasteiger charge is -2.19. The normalized spacial score (nSPS) is 15.1. The smallest absolute Gasteiger partial charge is 0.260 e. The minimum atomic E-state index is -0.781. The molecule has 1 aromatic carbocycles. The molecule has 0 aromatic heterocycles. The number of amides is 1. The van der Waals surface area contributed by atoms with Crippen LogP contribution < -0.4 is 10.1 Å². The summed E-state index contributed by atoms with van der Waals surface area (Å²) in [7, 11) is 0. The summed E-state index contributed by atoms with van der Waals surface area (Å²) in [6.45, 7) is 7.10. The average Bonchev–Trinajstić information content (AvgIpc) is 2.40. The number of halogens is 1. The van der Waals surface area contributed by atoms with Gasteiger partial charge in [0.25, 0.3) is 5.91 Å². The van der Waals surface area contributed by atoms with Crippen molar-refractivity contribution in [3.8, 4) is 5.75 Å². The molecule has 0 spiro atoms. The highest BCUT2D eigenvalue weighted by atomic mass is 19.1. The molecule has 3 atom stereocenters. The van der Waals surface area contributed by atoms with Crippen LogP contribution >= 0.6 is 0 Å². The third-order valence-electron chi connectivity index (χ3n) is 3.22. The molecule has 0 bridgehead atoms. The molecule has 0 aliphatic rings. The van der Waals surface area contributed by atoms with Crippen LogP contribution in [0.25, 0.3) is 0 Å². The first-order chi connectivity index (χ1) is 9.85. The number of carbonyl (C=O) groups is 1. The van der Waals surface area contributed by atoms with Crippen molar-refractivity contribution >= 4 is 5.91 Å². The molecule has 2 N–H and O–H groups in total. The lowest BCUT2D eigenvalue weighted by Crippen LogP contribution is -2.41. The van der Waals surface area contributed by atoms with Crippen LogP contribution in [-0.2, 0) is 4.79 Å². The first-order valence-corrected chi connectivity index (χ1v) is 7.29. The average molecular weight is 297 g/mol. The third kappa shape index (κ3) is 5.34. The van der Waals surface area contributed by atoms with Gasteiger partial charge in [-0.2, -0.15) is 0 Å². The second kappa shape index (κ2) is 7.98. The number of ether oxygens (including phenoxy) is 1. The molecule has 0 aliphatic carbocycles. The molecule has 1 aromatic rings. The number of benzene rings is 1. The third-order valence-corrected chi connectivity index (χ3v) is 3.22. The van der Waals surface area contributed by atoms with E-state index in [9.17, 15) is 14.3 Å². The van der Waals surface area contributed by atoms with Crippen molar-refractivity contribution in [1.29, 1.82) is 0 Å². The van der Waals surface area contributed by atoms with E-state index in [2.05, 4.69) is 5.32 Å². The molecular formula is C16H24FNO3. The molecule has 118 valence electrons. The molecule has 0 radical (unpaired) electrons. The highest BCUT2D eigenvalue weighted by Gasteiger charge is 2.18. The second-order valence-corrected chi connectivity index (χ2v) is 5.32. The van der Waals surface area contributed by atoms with E-state index in [0.29, 0.717) is 5.56 Å². The number of rotatable bonds is 7.